The molecule has 4 rings (SSSR count). The molecule has 11 heteroatoms. The summed E-state index contributed by atoms with van der Waals surface area (Å²) in [7, 11) is -3.54. The average Bonchev–Trinajstić information content (AvgIpc) is 3.40. The van der Waals surface area contributed by atoms with E-state index in [1.54, 1.807) is 47.4 Å². The fraction of sp³-hybridized carbons (Fsp3) is 0.238. The first-order valence-corrected chi connectivity index (χ1v) is 12.6. The molecule has 2 heterocycles. The zero-order valence-electron chi connectivity index (χ0n) is 16.8. The number of aromatic nitrogens is 2. The van der Waals surface area contributed by atoms with E-state index in [1.807, 2.05) is 0 Å². The van der Waals surface area contributed by atoms with E-state index < -0.39 is 15.7 Å². The van der Waals surface area contributed by atoms with Crippen molar-refractivity contribution in [2.24, 2.45) is 0 Å². The third kappa shape index (κ3) is 5.14. The third-order valence-electron chi connectivity index (χ3n) is 5.00. The quantitative estimate of drug-likeness (QED) is 0.542. The molecule has 32 heavy (non-hydrogen) atoms. The number of hydrogen-bond donors (Lipinski definition) is 1. The zero-order chi connectivity index (χ0) is 22.7. The predicted octanol–water partition coefficient (Wildman–Crippen LogP) is 3.51. The van der Waals surface area contributed by atoms with Crippen LogP contribution < -0.4 is 10.2 Å². The van der Waals surface area contributed by atoms with Crippen LogP contribution in [0.5, 0.6) is 0 Å². The van der Waals surface area contributed by atoms with Gasteiger partial charge in [-0.25, -0.2) is 8.42 Å². The number of anilines is 2. The summed E-state index contributed by atoms with van der Waals surface area (Å²) >= 11 is 7.10. The van der Waals surface area contributed by atoms with Crippen molar-refractivity contribution in [3.8, 4) is 0 Å². The minimum Gasteiger partial charge on any atom is -0.312 e. The second kappa shape index (κ2) is 9.35. The molecule has 166 valence electrons. The fourth-order valence-electron chi connectivity index (χ4n) is 3.35. The Morgan fingerprint density at radius 2 is 1.84 bits per heavy atom. The van der Waals surface area contributed by atoms with Crippen molar-refractivity contribution in [3.05, 3.63) is 64.6 Å². The normalized spacial score (nSPS) is 16.3. The van der Waals surface area contributed by atoms with Crippen LogP contribution >= 0.6 is 22.9 Å². The third-order valence-corrected chi connectivity index (χ3v) is 7.98. The Labute approximate surface area is 194 Å². The number of halogens is 1. The standard InChI is InChI=1S/C21H19ClN4O4S2/c22-15-6-8-16(9-7-15)26-13-14(12-19(26)28)20-24-25-21(31-20)23-18(27)10-11-32(29,30)17-4-2-1-3-5-17/h1-9,14H,10-13H2,(H,23,25,27). The highest BCUT2D eigenvalue weighted by Gasteiger charge is 2.34. The van der Waals surface area contributed by atoms with Crippen LogP contribution in [0.25, 0.3) is 0 Å². The van der Waals surface area contributed by atoms with E-state index in [0.717, 1.165) is 5.69 Å². The van der Waals surface area contributed by atoms with Crippen LogP contribution in [0.3, 0.4) is 0 Å². The van der Waals surface area contributed by atoms with Crippen molar-refractivity contribution in [1.82, 2.24) is 10.2 Å². The van der Waals surface area contributed by atoms with Gasteiger partial charge in [-0.1, -0.05) is 41.1 Å². The van der Waals surface area contributed by atoms with Gasteiger partial charge in [0, 0.05) is 36.0 Å². The van der Waals surface area contributed by atoms with E-state index in [9.17, 15) is 18.0 Å². The minimum absolute atomic E-state index is 0.0239. The molecule has 2 amide bonds. The van der Waals surface area contributed by atoms with Crippen LogP contribution in [-0.2, 0) is 19.4 Å². The van der Waals surface area contributed by atoms with E-state index in [4.69, 9.17) is 11.6 Å². The van der Waals surface area contributed by atoms with Gasteiger partial charge >= 0.3 is 0 Å². The van der Waals surface area contributed by atoms with Gasteiger partial charge in [0.15, 0.2) is 9.84 Å². The van der Waals surface area contributed by atoms with Gasteiger partial charge in [-0.3, -0.25) is 9.59 Å². The zero-order valence-corrected chi connectivity index (χ0v) is 19.2. The van der Waals surface area contributed by atoms with Gasteiger partial charge in [0.1, 0.15) is 5.01 Å². The van der Waals surface area contributed by atoms with Crippen LogP contribution in [0.2, 0.25) is 5.02 Å². The van der Waals surface area contributed by atoms with E-state index in [1.165, 1.54) is 23.5 Å². The second-order valence-corrected chi connectivity index (χ2v) is 10.8. The lowest BCUT2D eigenvalue weighted by Gasteiger charge is -2.16. The lowest BCUT2D eigenvalue weighted by atomic mass is 10.1. The van der Waals surface area contributed by atoms with Crippen LogP contribution in [0.4, 0.5) is 10.8 Å². The number of amides is 2. The van der Waals surface area contributed by atoms with Crippen molar-refractivity contribution >= 4 is 55.4 Å². The van der Waals surface area contributed by atoms with Crippen molar-refractivity contribution in [2.75, 3.05) is 22.5 Å². The van der Waals surface area contributed by atoms with E-state index in [-0.39, 0.29) is 34.0 Å². The summed E-state index contributed by atoms with van der Waals surface area (Å²) in [6.45, 7) is 0.457. The second-order valence-electron chi connectivity index (χ2n) is 7.26. The predicted molar refractivity (Wildman–Crippen MR) is 123 cm³/mol. The highest BCUT2D eigenvalue weighted by atomic mass is 35.5. The summed E-state index contributed by atoms with van der Waals surface area (Å²) in [6, 6.07) is 15.0. The Morgan fingerprint density at radius 3 is 2.56 bits per heavy atom. The topological polar surface area (TPSA) is 109 Å². The lowest BCUT2D eigenvalue weighted by molar-refractivity contribution is -0.117. The van der Waals surface area contributed by atoms with Crippen molar-refractivity contribution in [1.29, 1.82) is 0 Å². The van der Waals surface area contributed by atoms with Crippen molar-refractivity contribution < 1.29 is 18.0 Å². The van der Waals surface area contributed by atoms with Gasteiger partial charge < -0.3 is 10.2 Å². The summed E-state index contributed by atoms with van der Waals surface area (Å²) in [4.78, 5) is 26.5. The molecular weight excluding hydrogens is 472 g/mol. The molecule has 1 unspecified atom stereocenters. The molecule has 1 aliphatic heterocycles. The molecule has 1 saturated heterocycles. The van der Waals surface area contributed by atoms with Gasteiger partial charge in [-0.2, -0.15) is 0 Å². The molecule has 0 saturated carbocycles. The molecular formula is C21H19ClN4O4S2. The van der Waals surface area contributed by atoms with Crippen LogP contribution in [0.15, 0.2) is 59.5 Å². The van der Waals surface area contributed by atoms with Gasteiger partial charge in [0.2, 0.25) is 16.9 Å². The molecule has 0 spiro atoms. The molecule has 1 N–H and O–H groups in total. The maximum Gasteiger partial charge on any atom is 0.227 e. The first-order chi connectivity index (χ1) is 15.3. The maximum atomic E-state index is 12.4. The van der Waals surface area contributed by atoms with Gasteiger partial charge in [-0.05, 0) is 36.4 Å². The Bertz CT molecular complexity index is 1230. The molecule has 0 aliphatic carbocycles. The summed E-state index contributed by atoms with van der Waals surface area (Å²) in [5.74, 6) is -0.927. The number of benzene rings is 2. The van der Waals surface area contributed by atoms with E-state index in [0.29, 0.717) is 23.0 Å². The highest BCUT2D eigenvalue weighted by Crippen LogP contribution is 2.34. The lowest BCUT2D eigenvalue weighted by Crippen LogP contribution is -2.24. The summed E-state index contributed by atoms with van der Waals surface area (Å²) in [5.41, 5.74) is 0.763. The van der Waals surface area contributed by atoms with Crippen molar-refractivity contribution in [3.63, 3.8) is 0 Å². The van der Waals surface area contributed by atoms with Crippen LogP contribution in [-0.4, -0.2) is 42.7 Å². The monoisotopic (exact) mass is 490 g/mol. The number of nitrogens with zero attached hydrogens (tertiary/aromatic N) is 3. The molecule has 0 radical (unpaired) electrons. The molecule has 3 aromatic rings. The smallest absolute Gasteiger partial charge is 0.227 e. The van der Waals surface area contributed by atoms with E-state index >= 15 is 0 Å². The Balaban J connectivity index is 1.34. The van der Waals surface area contributed by atoms with E-state index in [2.05, 4.69) is 15.5 Å². The number of carbonyl (C=O) groups is 2. The Kier molecular flexibility index (Phi) is 6.54. The number of rotatable bonds is 7. The largest absolute Gasteiger partial charge is 0.312 e. The molecule has 1 aromatic heterocycles. The summed E-state index contributed by atoms with van der Waals surface area (Å²) < 4.78 is 24.6. The number of hydrogen-bond acceptors (Lipinski definition) is 7. The summed E-state index contributed by atoms with van der Waals surface area (Å²) in [6.07, 6.45) is 0.0962. The number of carbonyl (C=O) groups excluding carboxylic acids is 2. The van der Waals surface area contributed by atoms with Crippen LogP contribution in [0.1, 0.15) is 23.8 Å². The van der Waals surface area contributed by atoms with Crippen LogP contribution in [0, 0.1) is 0 Å². The Morgan fingerprint density at radius 1 is 1.12 bits per heavy atom. The molecule has 8 nitrogen and oxygen atoms in total. The first kappa shape index (κ1) is 22.4. The SMILES string of the molecule is O=C(CCS(=O)(=O)c1ccccc1)Nc1nnc(C2CC(=O)N(c3ccc(Cl)cc3)C2)s1. The highest BCUT2D eigenvalue weighted by molar-refractivity contribution is 7.91. The Hall–Kier alpha value is -2.82. The fourth-order valence-corrected chi connectivity index (χ4v) is 5.59. The average molecular weight is 491 g/mol. The number of nitrogens with one attached hydrogen (secondary N) is 1. The first-order valence-electron chi connectivity index (χ1n) is 9.79. The van der Waals surface area contributed by atoms with Crippen molar-refractivity contribution in [2.45, 2.75) is 23.7 Å². The van der Waals surface area contributed by atoms with Gasteiger partial charge in [-0.15, -0.1) is 10.2 Å². The molecule has 1 aliphatic rings. The maximum absolute atomic E-state index is 12.4. The summed E-state index contributed by atoms with van der Waals surface area (Å²) in [5, 5.41) is 12.2. The van der Waals surface area contributed by atoms with Gasteiger partial charge in [0.25, 0.3) is 0 Å². The van der Waals surface area contributed by atoms with Gasteiger partial charge in [0.05, 0.1) is 10.6 Å². The molecule has 0 bridgehead atoms. The molecule has 1 atom stereocenters. The molecule has 2 aromatic carbocycles. The minimum atomic E-state index is -3.54. The molecule has 1 fully saturated rings. The number of sulfone groups is 1.